The molecule has 0 aliphatic carbocycles. The Kier molecular flexibility index (Phi) is 4.84. The first kappa shape index (κ1) is 18.0. The molecule has 2 aliphatic heterocycles. The van der Waals surface area contributed by atoms with Crippen LogP contribution in [0.3, 0.4) is 0 Å². The maximum absolute atomic E-state index is 10.8. The Morgan fingerprint density at radius 3 is 2.59 bits per heavy atom. The van der Waals surface area contributed by atoms with Gasteiger partial charge in [-0.25, -0.2) is 9.97 Å². The second kappa shape index (κ2) is 7.78. The van der Waals surface area contributed by atoms with Gasteiger partial charge in [0.1, 0.15) is 12.1 Å². The van der Waals surface area contributed by atoms with E-state index in [-0.39, 0.29) is 0 Å². The Bertz CT molecular complexity index is 1010. The molecule has 2 fully saturated rings. The molecule has 0 N–H and O–H groups in total. The Hall–Kier alpha value is -3.02. The molecule has 0 unspecified atom stereocenters. The van der Waals surface area contributed by atoms with E-state index in [0.29, 0.717) is 18.3 Å². The number of hydrogen-bond donors (Lipinski definition) is 0. The van der Waals surface area contributed by atoms with Crippen molar-refractivity contribution in [3.63, 3.8) is 0 Å². The number of hydrogen-bond acceptors (Lipinski definition) is 6. The van der Waals surface area contributed by atoms with Gasteiger partial charge in [0.2, 0.25) is 0 Å². The maximum Gasteiger partial charge on any atom is 0.150 e. The highest BCUT2D eigenvalue weighted by atomic mass is 16.1. The fourth-order valence-corrected chi connectivity index (χ4v) is 4.46. The van der Waals surface area contributed by atoms with E-state index in [2.05, 4.69) is 39.0 Å². The Labute approximate surface area is 170 Å². The molecule has 0 spiro atoms. The van der Waals surface area contributed by atoms with Crippen molar-refractivity contribution < 1.29 is 4.79 Å². The van der Waals surface area contributed by atoms with Gasteiger partial charge in [-0.15, -0.1) is 0 Å². The maximum atomic E-state index is 10.8. The van der Waals surface area contributed by atoms with Crippen molar-refractivity contribution in [1.29, 1.82) is 0 Å². The number of piperidine rings is 1. The van der Waals surface area contributed by atoms with Crippen LogP contribution in [0.2, 0.25) is 0 Å². The van der Waals surface area contributed by atoms with Gasteiger partial charge >= 0.3 is 0 Å². The van der Waals surface area contributed by atoms with Gasteiger partial charge in [-0.2, -0.15) is 0 Å². The second-order valence-electron chi connectivity index (χ2n) is 8.06. The normalized spacial score (nSPS) is 18.1. The molecule has 5 rings (SSSR count). The van der Waals surface area contributed by atoms with Crippen molar-refractivity contribution >= 4 is 28.8 Å². The summed E-state index contributed by atoms with van der Waals surface area (Å²) in [5.41, 5.74) is 2.13. The van der Waals surface area contributed by atoms with Gasteiger partial charge in [0, 0.05) is 56.3 Å². The molecule has 2 aromatic heterocycles. The molecule has 0 amide bonds. The van der Waals surface area contributed by atoms with E-state index < -0.39 is 0 Å². The third-order valence-corrected chi connectivity index (χ3v) is 6.23. The van der Waals surface area contributed by atoms with E-state index in [1.165, 1.54) is 5.39 Å². The van der Waals surface area contributed by atoms with E-state index in [1.807, 2.05) is 12.1 Å². The highest BCUT2D eigenvalue weighted by Crippen LogP contribution is 2.35. The number of fused-ring (bicyclic) bond motifs is 1. The van der Waals surface area contributed by atoms with Crippen molar-refractivity contribution in [2.75, 3.05) is 36.0 Å². The molecule has 0 radical (unpaired) electrons. The quantitative estimate of drug-likeness (QED) is 0.625. The van der Waals surface area contributed by atoms with Crippen LogP contribution in [0.15, 0.2) is 48.8 Å². The van der Waals surface area contributed by atoms with Crippen LogP contribution in [-0.2, 0) is 4.79 Å². The van der Waals surface area contributed by atoms with Crippen LogP contribution < -0.4 is 9.80 Å². The zero-order valence-corrected chi connectivity index (χ0v) is 16.4. The Balaban J connectivity index is 1.29. The van der Waals surface area contributed by atoms with Gasteiger partial charge < -0.3 is 14.6 Å². The number of aromatic nitrogens is 3. The zero-order valence-electron chi connectivity index (χ0n) is 16.4. The third kappa shape index (κ3) is 3.55. The first-order chi connectivity index (χ1) is 14.3. The summed E-state index contributed by atoms with van der Waals surface area (Å²) in [6.45, 7) is 3.73. The standard InChI is InChI=1S/C23H25N5O/c29-14-9-17-7-12-27(13-8-17)23-22(24-10-11-25-23)19-15-28(16-19)21-6-5-18-3-1-2-4-20(18)26-21/h1-6,10-11,14,17,19H,7-9,12-13,15-16H2. The summed E-state index contributed by atoms with van der Waals surface area (Å²) in [6, 6.07) is 12.5. The van der Waals surface area contributed by atoms with E-state index in [1.54, 1.807) is 12.4 Å². The average Bonchev–Trinajstić information content (AvgIpc) is 2.74. The predicted octanol–water partition coefficient (Wildman–Crippen LogP) is 3.43. The topological polar surface area (TPSA) is 62.2 Å². The Morgan fingerprint density at radius 2 is 1.76 bits per heavy atom. The zero-order chi connectivity index (χ0) is 19.6. The number of carbonyl (C=O) groups is 1. The molecule has 6 heteroatoms. The minimum absolute atomic E-state index is 0.375. The number of nitrogens with zero attached hydrogens (tertiary/aromatic N) is 5. The average molecular weight is 387 g/mol. The third-order valence-electron chi connectivity index (χ3n) is 6.23. The molecule has 0 saturated carbocycles. The largest absolute Gasteiger partial charge is 0.355 e. The molecule has 6 nitrogen and oxygen atoms in total. The first-order valence-electron chi connectivity index (χ1n) is 10.4. The highest BCUT2D eigenvalue weighted by molar-refractivity contribution is 5.80. The summed E-state index contributed by atoms with van der Waals surface area (Å²) in [6.07, 6.45) is 7.42. The number of benzene rings is 1. The number of carbonyl (C=O) groups excluding carboxylic acids is 1. The summed E-state index contributed by atoms with van der Waals surface area (Å²) >= 11 is 0. The number of rotatable bonds is 5. The Morgan fingerprint density at radius 1 is 0.966 bits per heavy atom. The van der Waals surface area contributed by atoms with Crippen molar-refractivity contribution in [1.82, 2.24) is 15.0 Å². The van der Waals surface area contributed by atoms with Crippen LogP contribution >= 0.6 is 0 Å². The van der Waals surface area contributed by atoms with Crippen LogP contribution in [0.4, 0.5) is 11.6 Å². The van der Waals surface area contributed by atoms with Gasteiger partial charge in [0.25, 0.3) is 0 Å². The predicted molar refractivity (Wildman–Crippen MR) is 114 cm³/mol. The lowest BCUT2D eigenvalue weighted by molar-refractivity contribution is -0.108. The van der Waals surface area contributed by atoms with E-state index in [4.69, 9.17) is 9.97 Å². The molecule has 0 bridgehead atoms. The second-order valence-corrected chi connectivity index (χ2v) is 8.06. The summed E-state index contributed by atoms with van der Waals surface area (Å²) in [5, 5.41) is 1.17. The van der Waals surface area contributed by atoms with Gasteiger partial charge in [0.15, 0.2) is 5.82 Å². The van der Waals surface area contributed by atoms with Gasteiger partial charge in [-0.3, -0.25) is 4.98 Å². The molecule has 29 heavy (non-hydrogen) atoms. The first-order valence-corrected chi connectivity index (χ1v) is 10.4. The van der Waals surface area contributed by atoms with Gasteiger partial charge in [-0.05, 0) is 37.0 Å². The lowest BCUT2D eigenvalue weighted by Crippen LogP contribution is -2.47. The van der Waals surface area contributed by atoms with Crippen molar-refractivity contribution in [2.45, 2.75) is 25.2 Å². The summed E-state index contributed by atoms with van der Waals surface area (Å²) in [7, 11) is 0. The fourth-order valence-electron chi connectivity index (χ4n) is 4.46. The molecular formula is C23H25N5O. The van der Waals surface area contributed by atoms with Crippen molar-refractivity contribution in [2.24, 2.45) is 5.92 Å². The lowest BCUT2D eigenvalue weighted by atomic mass is 9.92. The molecule has 3 aromatic rings. The number of pyridine rings is 1. The molecule has 0 atom stereocenters. The lowest BCUT2D eigenvalue weighted by Gasteiger charge is -2.41. The summed E-state index contributed by atoms with van der Waals surface area (Å²) < 4.78 is 0. The van der Waals surface area contributed by atoms with Crippen LogP contribution in [-0.4, -0.2) is 47.4 Å². The molecular weight excluding hydrogens is 362 g/mol. The van der Waals surface area contributed by atoms with E-state index in [0.717, 1.165) is 68.2 Å². The summed E-state index contributed by atoms with van der Waals surface area (Å²) in [5.74, 6) is 2.94. The minimum atomic E-state index is 0.375. The van der Waals surface area contributed by atoms with E-state index in [9.17, 15) is 4.79 Å². The molecule has 2 saturated heterocycles. The summed E-state index contributed by atoms with van der Waals surface area (Å²) in [4.78, 5) is 29.6. The van der Waals surface area contributed by atoms with Crippen molar-refractivity contribution in [3.8, 4) is 0 Å². The SMILES string of the molecule is O=CCC1CCN(c2nccnc2C2CN(c3ccc4ccccc4n3)C2)CC1. The van der Waals surface area contributed by atoms with Gasteiger partial charge in [0.05, 0.1) is 11.2 Å². The van der Waals surface area contributed by atoms with Crippen LogP contribution in [0.25, 0.3) is 10.9 Å². The van der Waals surface area contributed by atoms with Crippen molar-refractivity contribution in [3.05, 3.63) is 54.5 Å². The van der Waals surface area contributed by atoms with Gasteiger partial charge in [-0.1, -0.05) is 18.2 Å². The smallest absolute Gasteiger partial charge is 0.150 e. The minimum Gasteiger partial charge on any atom is -0.355 e. The highest BCUT2D eigenvalue weighted by Gasteiger charge is 2.34. The number of anilines is 2. The molecule has 4 heterocycles. The number of para-hydroxylation sites is 1. The molecule has 148 valence electrons. The number of aldehydes is 1. The van der Waals surface area contributed by atoms with Crippen LogP contribution in [0.5, 0.6) is 0 Å². The van der Waals surface area contributed by atoms with E-state index >= 15 is 0 Å². The van der Waals surface area contributed by atoms with Crippen LogP contribution in [0.1, 0.15) is 30.9 Å². The molecule has 1 aromatic carbocycles. The van der Waals surface area contributed by atoms with Crippen LogP contribution in [0, 0.1) is 5.92 Å². The molecule has 2 aliphatic rings. The fraction of sp³-hybridized carbons (Fsp3) is 0.391. The monoisotopic (exact) mass is 387 g/mol.